The van der Waals surface area contributed by atoms with E-state index in [1.54, 1.807) is 52.0 Å². The standard InChI is InChI=1S/C55H65N5O13/c1-27(2)26-59-19-21-60(22-20-59)35-24-37-42(38(25-35)72-54(68)34-14-17-56-18-15-34)57-43-39-40-48(64)33(8)50-41(39)52(66)55(9,73-50)70-23-16-36(69-10)30(5)46(62)32(7)47(63)31(6)45(61)28(3)12-11-13-29(4)53(67)58-44(49(40)65)51(43)71-37/h11-18,23-25,27-28,30-32,36,45-47,61-64H,19-22,26H2,1-10H3,(H,58,67)/b12-11+,23-16+,29-13-. The van der Waals surface area contributed by atoms with Gasteiger partial charge in [-0.25, -0.2) is 9.78 Å². The zero-order valence-electron chi connectivity index (χ0n) is 42.8. The summed E-state index contributed by atoms with van der Waals surface area (Å²) in [5.74, 6) is -7.40. The number of benzene rings is 3. The van der Waals surface area contributed by atoms with Crippen LogP contribution < -0.4 is 25.1 Å². The molecule has 5 heterocycles. The molecule has 5 aliphatic rings. The summed E-state index contributed by atoms with van der Waals surface area (Å²) in [7, 11) is 1.43. The molecule has 73 heavy (non-hydrogen) atoms. The van der Waals surface area contributed by atoms with Crippen LogP contribution in [-0.2, 0) is 14.3 Å². The number of hydrogen-bond acceptors (Lipinski definition) is 17. The number of rotatable bonds is 6. The smallest absolute Gasteiger partial charge is 0.343 e. The van der Waals surface area contributed by atoms with Crippen molar-refractivity contribution in [3.8, 4) is 28.7 Å². The third-order valence-corrected chi connectivity index (χ3v) is 14.6. The van der Waals surface area contributed by atoms with Gasteiger partial charge in [0.05, 0.1) is 47.2 Å². The van der Waals surface area contributed by atoms with Crippen molar-refractivity contribution in [1.29, 1.82) is 0 Å². The van der Waals surface area contributed by atoms with E-state index in [1.807, 2.05) is 0 Å². The molecular weight excluding hydrogens is 939 g/mol. The van der Waals surface area contributed by atoms with Gasteiger partial charge < -0.3 is 54.0 Å². The van der Waals surface area contributed by atoms with Crippen LogP contribution in [0.15, 0.2) is 82.0 Å². The predicted molar refractivity (Wildman–Crippen MR) is 274 cm³/mol. The first-order valence-electron chi connectivity index (χ1n) is 24.7. The number of nitrogens with zero attached hydrogens (tertiary/aromatic N) is 4. The van der Waals surface area contributed by atoms with Crippen molar-refractivity contribution in [1.82, 2.24) is 14.9 Å². The Kier molecular flexibility index (Phi) is 15.2. The summed E-state index contributed by atoms with van der Waals surface area (Å²) in [4.78, 5) is 71.7. The molecule has 9 atom stereocenters. The molecule has 1 aromatic heterocycles. The summed E-state index contributed by atoms with van der Waals surface area (Å²) in [5, 5.41) is 48.5. The highest BCUT2D eigenvalue weighted by atomic mass is 16.7. The van der Waals surface area contributed by atoms with Gasteiger partial charge in [-0.3, -0.25) is 24.3 Å². The topological polar surface area (TPSA) is 244 Å². The molecule has 2 aromatic carbocycles. The highest BCUT2D eigenvalue weighted by Gasteiger charge is 2.50. The highest BCUT2D eigenvalue weighted by Crippen LogP contribution is 2.51. The van der Waals surface area contributed by atoms with Crippen molar-refractivity contribution in [2.24, 2.45) is 29.6 Å². The van der Waals surface area contributed by atoms with E-state index in [-0.39, 0.29) is 67.1 Å². The molecule has 4 aliphatic heterocycles. The van der Waals surface area contributed by atoms with E-state index in [0.29, 0.717) is 24.7 Å². The molecule has 5 N–H and O–H groups in total. The van der Waals surface area contributed by atoms with Crippen molar-refractivity contribution >= 4 is 50.9 Å². The minimum atomic E-state index is -2.10. The normalized spacial score (nSPS) is 28.2. The average molecular weight is 1000 g/mol. The number of carbonyl (C=O) groups is 3. The summed E-state index contributed by atoms with van der Waals surface area (Å²) in [5.41, 5.74) is -0.599. The SMILES string of the molecule is COC1/C=C/OC2(C)Oc3c(C)c(O)c4c(=O)c(c5oc6cc(N7CCN(CC(C)C)CC7)cc(OC(=O)c7ccncc7)c6nc-5c4c3C2=O)NC(=O)/C(C)=C\C=C\C(C)C(O)C(C)C(O)C(C)C(O)C1C. The fourth-order valence-electron chi connectivity index (χ4n) is 10.1. The lowest BCUT2D eigenvalue weighted by molar-refractivity contribution is -0.112. The molecule has 0 spiro atoms. The number of pyridine rings is 1. The van der Waals surface area contributed by atoms with E-state index in [0.717, 1.165) is 19.6 Å². The van der Waals surface area contributed by atoms with Crippen LogP contribution in [0.5, 0.6) is 17.2 Å². The predicted octanol–water partition coefficient (Wildman–Crippen LogP) is 6.77. The molecule has 9 unspecified atom stereocenters. The number of phenols is 1. The van der Waals surface area contributed by atoms with Gasteiger partial charge in [-0.2, -0.15) is 0 Å². The lowest BCUT2D eigenvalue weighted by atomic mass is 9.78. The number of piperazine rings is 1. The van der Waals surface area contributed by atoms with Crippen LogP contribution in [0.3, 0.4) is 0 Å². The van der Waals surface area contributed by atoms with Crippen molar-refractivity contribution in [2.45, 2.75) is 92.5 Å². The van der Waals surface area contributed by atoms with Gasteiger partial charge in [0.15, 0.2) is 17.1 Å². The maximum Gasteiger partial charge on any atom is 0.343 e. The highest BCUT2D eigenvalue weighted by molar-refractivity contribution is 6.22. The molecule has 4 bridgehead atoms. The van der Waals surface area contributed by atoms with E-state index in [1.165, 1.54) is 70.8 Å². The van der Waals surface area contributed by atoms with Gasteiger partial charge in [-0.15, -0.1) is 0 Å². The van der Waals surface area contributed by atoms with Gasteiger partial charge in [0.1, 0.15) is 28.4 Å². The number of allylic oxidation sites excluding steroid dienone is 2. The first-order chi connectivity index (χ1) is 34.6. The molecule has 1 amide bonds. The number of methoxy groups -OCH3 is 1. The number of aliphatic hydroxyl groups is 3. The molecule has 1 fully saturated rings. The van der Waals surface area contributed by atoms with Crippen LogP contribution in [0, 0.1) is 36.5 Å². The molecule has 1 saturated heterocycles. The number of anilines is 2. The minimum Gasteiger partial charge on any atom is -0.507 e. The van der Waals surface area contributed by atoms with Gasteiger partial charge in [-0.1, -0.05) is 59.8 Å². The number of phenolic OH excluding ortho intramolecular Hbond substituents is 1. The molecule has 18 nitrogen and oxygen atoms in total. The Morgan fingerprint density at radius 1 is 0.932 bits per heavy atom. The lowest BCUT2D eigenvalue weighted by Gasteiger charge is -2.37. The molecular formula is C55H65N5O13. The second kappa shape index (κ2) is 21.0. The van der Waals surface area contributed by atoms with Crippen LogP contribution in [-0.4, -0.2) is 123 Å². The van der Waals surface area contributed by atoms with Gasteiger partial charge in [0.25, 0.3) is 11.7 Å². The Balaban J connectivity index is 1.36. The number of Topliss-reactive ketones (excluding diaryl/α,β-unsaturated/α-hetero) is 1. The molecule has 8 rings (SSSR count). The third-order valence-electron chi connectivity index (χ3n) is 14.6. The van der Waals surface area contributed by atoms with E-state index in [9.17, 15) is 34.8 Å². The molecule has 388 valence electrons. The molecule has 1 aliphatic carbocycles. The van der Waals surface area contributed by atoms with E-state index >= 15 is 4.79 Å². The first kappa shape index (κ1) is 52.6. The molecule has 18 heteroatoms. The van der Waals surface area contributed by atoms with E-state index in [2.05, 4.69) is 33.9 Å². The number of aromatic hydroxyl groups is 1. The quantitative estimate of drug-likeness (QED) is 0.0510. The van der Waals surface area contributed by atoms with E-state index in [4.69, 9.17) is 28.3 Å². The number of hydrogen-bond donors (Lipinski definition) is 5. The van der Waals surface area contributed by atoms with Crippen LogP contribution in [0.1, 0.15) is 81.7 Å². The van der Waals surface area contributed by atoms with Crippen LogP contribution >= 0.6 is 0 Å². The minimum absolute atomic E-state index is 0.0139. The number of ketones is 1. The van der Waals surface area contributed by atoms with Crippen molar-refractivity contribution in [3.63, 3.8) is 0 Å². The fourth-order valence-corrected chi connectivity index (χ4v) is 10.1. The average Bonchev–Trinajstić information content (AvgIpc) is 3.64. The fraction of sp³-hybridized carbons (Fsp3) is 0.455. The summed E-state index contributed by atoms with van der Waals surface area (Å²) in [6, 6.07) is 6.40. The molecule has 0 saturated carbocycles. The molecule has 3 aromatic rings. The maximum atomic E-state index is 15.1. The number of carbonyl (C=O) groups excluding carboxylic acids is 3. The Morgan fingerprint density at radius 3 is 2.27 bits per heavy atom. The van der Waals surface area contributed by atoms with E-state index < -0.39 is 88.4 Å². The second-order valence-corrected chi connectivity index (χ2v) is 20.2. The van der Waals surface area contributed by atoms with Crippen LogP contribution in [0.4, 0.5) is 11.4 Å². The maximum absolute atomic E-state index is 15.1. The number of amides is 1. The van der Waals surface area contributed by atoms with Crippen molar-refractivity contribution in [3.05, 3.63) is 99.7 Å². The van der Waals surface area contributed by atoms with Gasteiger partial charge in [-0.05, 0) is 38.0 Å². The van der Waals surface area contributed by atoms with Crippen molar-refractivity contribution in [2.75, 3.05) is 50.1 Å². The monoisotopic (exact) mass is 1000 g/mol. The first-order valence-corrected chi connectivity index (χ1v) is 24.7. The Labute approximate surface area is 423 Å². The zero-order chi connectivity index (χ0) is 52.8. The largest absolute Gasteiger partial charge is 0.507 e. The number of esters is 1. The summed E-state index contributed by atoms with van der Waals surface area (Å²) in [6.45, 7) is 19.2. The number of aliphatic hydroxyl groups excluding tert-OH is 3. The van der Waals surface area contributed by atoms with Gasteiger partial charge in [0, 0.05) is 117 Å². The summed E-state index contributed by atoms with van der Waals surface area (Å²) < 4.78 is 31.0. The summed E-state index contributed by atoms with van der Waals surface area (Å²) >= 11 is 0. The Bertz CT molecular complexity index is 3050. The van der Waals surface area contributed by atoms with Crippen LogP contribution in [0.2, 0.25) is 0 Å². The Hall–Kier alpha value is -6.70. The zero-order valence-corrected chi connectivity index (χ0v) is 42.8. The Morgan fingerprint density at radius 2 is 1.60 bits per heavy atom. The number of nitrogens with one attached hydrogen (secondary N) is 1. The van der Waals surface area contributed by atoms with Crippen LogP contribution in [0.25, 0.3) is 33.3 Å². The number of aromatic nitrogens is 2. The van der Waals surface area contributed by atoms with Gasteiger partial charge >= 0.3 is 11.8 Å². The lowest BCUT2D eigenvalue weighted by Crippen LogP contribution is -2.47. The third kappa shape index (κ3) is 10.1. The van der Waals surface area contributed by atoms with Gasteiger partial charge in [0.2, 0.25) is 5.43 Å². The summed E-state index contributed by atoms with van der Waals surface area (Å²) in [6.07, 6.45) is 6.20. The number of fused-ring (bicyclic) bond motifs is 2. The number of ether oxygens (including phenoxy) is 4. The van der Waals surface area contributed by atoms with Crippen molar-refractivity contribution < 1.29 is 58.2 Å². The molecule has 0 radical (unpaired) electrons. The second-order valence-electron chi connectivity index (χ2n) is 20.2.